The molecule has 0 saturated heterocycles. The lowest BCUT2D eigenvalue weighted by Gasteiger charge is -2.16. The number of hydrogen-bond acceptors (Lipinski definition) is 3. The Bertz CT molecular complexity index is 584. The van der Waals surface area contributed by atoms with Crippen LogP contribution in [0.25, 0.3) is 11.1 Å². The number of Topliss-reactive ketones (excluding diaryl/α,β-unsaturated/α-hetero) is 1. The average molecular weight is 241 g/mol. The van der Waals surface area contributed by atoms with Crippen molar-refractivity contribution >= 4 is 5.78 Å². The number of nitrogens with one attached hydrogen (secondary N) is 1. The molecule has 1 aliphatic rings. The maximum Gasteiger partial charge on any atom is 0.159 e. The molecule has 3 rings (SSSR count). The van der Waals surface area contributed by atoms with Crippen LogP contribution in [0.5, 0.6) is 0 Å². The molecule has 0 aliphatic carbocycles. The summed E-state index contributed by atoms with van der Waals surface area (Å²) in [6.07, 6.45) is 1.91. The number of carbonyl (C=O) groups is 1. The van der Waals surface area contributed by atoms with E-state index >= 15 is 0 Å². The van der Waals surface area contributed by atoms with Crippen molar-refractivity contribution in [3.8, 4) is 11.1 Å². The third kappa shape index (κ3) is 1.84. The van der Waals surface area contributed by atoms with Gasteiger partial charge in [-0.1, -0.05) is 24.3 Å². The van der Waals surface area contributed by atoms with Gasteiger partial charge in [0.2, 0.25) is 0 Å². The number of aromatic nitrogens is 2. The van der Waals surface area contributed by atoms with Crippen LogP contribution in [0, 0.1) is 0 Å². The molecule has 92 valence electrons. The van der Waals surface area contributed by atoms with Crippen molar-refractivity contribution in [1.29, 1.82) is 0 Å². The van der Waals surface area contributed by atoms with Gasteiger partial charge in [-0.3, -0.25) is 9.48 Å². The van der Waals surface area contributed by atoms with Crippen molar-refractivity contribution in [1.82, 2.24) is 15.1 Å². The molecule has 0 bridgehead atoms. The van der Waals surface area contributed by atoms with Gasteiger partial charge in [-0.15, -0.1) is 0 Å². The largest absolute Gasteiger partial charge is 0.309 e. The third-order valence-electron chi connectivity index (χ3n) is 3.34. The molecular formula is C14H15N3O. The maximum atomic E-state index is 11.2. The minimum atomic E-state index is 0.0975. The summed E-state index contributed by atoms with van der Waals surface area (Å²) in [4.78, 5) is 11.2. The van der Waals surface area contributed by atoms with Crippen LogP contribution in [0.15, 0.2) is 30.5 Å². The molecule has 0 fully saturated rings. The van der Waals surface area contributed by atoms with Crippen molar-refractivity contribution in [2.45, 2.75) is 20.0 Å². The average Bonchev–Trinajstić information content (AvgIpc) is 2.82. The zero-order valence-corrected chi connectivity index (χ0v) is 10.3. The van der Waals surface area contributed by atoms with Crippen molar-refractivity contribution in [2.75, 3.05) is 6.54 Å². The predicted octanol–water partition coefficient (Wildman–Crippen LogP) is 1.86. The second-order valence-corrected chi connectivity index (χ2v) is 4.54. The Kier molecular flexibility index (Phi) is 2.72. The van der Waals surface area contributed by atoms with Gasteiger partial charge in [0.25, 0.3) is 0 Å². The Balaban J connectivity index is 1.99. The second kappa shape index (κ2) is 4.38. The fourth-order valence-electron chi connectivity index (χ4n) is 2.31. The van der Waals surface area contributed by atoms with Gasteiger partial charge in [-0.05, 0) is 12.5 Å². The number of carbonyl (C=O) groups excluding carboxylic acids is 1. The zero-order valence-electron chi connectivity index (χ0n) is 10.3. The van der Waals surface area contributed by atoms with E-state index in [0.717, 1.165) is 36.3 Å². The molecule has 0 radical (unpaired) electrons. The normalized spacial score (nSPS) is 14.3. The number of rotatable bonds is 2. The highest BCUT2D eigenvalue weighted by Crippen LogP contribution is 2.25. The lowest BCUT2D eigenvalue weighted by Crippen LogP contribution is -2.28. The molecule has 1 aromatic heterocycles. The van der Waals surface area contributed by atoms with Crippen molar-refractivity contribution in [3.63, 3.8) is 0 Å². The molecule has 0 amide bonds. The topological polar surface area (TPSA) is 46.9 Å². The summed E-state index contributed by atoms with van der Waals surface area (Å²) in [6, 6.07) is 7.72. The summed E-state index contributed by atoms with van der Waals surface area (Å²) in [7, 11) is 0. The smallest absolute Gasteiger partial charge is 0.159 e. The molecule has 0 spiro atoms. The van der Waals surface area contributed by atoms with Crippen LogP contribution < -0.4 is 5.32 Å². The fraction of sp³-hybridized carbons (Fsp3) is 0.286. The minimum Gasteiger partial charge on any atom is -0.309 e. The van der Waals surface area contributed by atoms with Crippen LogP contribution in [0.3, 0.4) is 0 Å². The first kappa shape index (κ1) is 11.2. The molecule has 1 aromatic carbocycles. The van der Waals surface area contributed by atoms with Gasteiger partial charge < -0.3 is 5.32 Å². The van der Waals surface area contributed by atoms with E-state index in [1.807, 2.05) is 35.1 Å². The molecule has 4 heteroatoms. The van der Waals surface area contributed by atoms with Crippen LogP contribution >= 0.6 is 0 Å². The van der Waals surface area contributed by atoms with Crippen LogP contribution in [0.1, 0.15) is 23.0 Å². The van der Waals surface area contributed by atoms with E-state index in [0.29, 0.717) is 0 Å². The van der Waals surface area contributed by atoms with Gasteiger partial charge in [0.05, 0.1) is 18.4 Å². The van der Waals surface area contributed by atoms with Crippen molar-refractivity contribution in [3.05, 3.63) is 41.7 Å². The maximum absolute atomic E-state index is 11.2. The number of hydrogen-bond donors (Lipinski definition) is 1. The Morgan fingerprint density at radius 2 is 2.11 bits per heavy atom. The fourth-order valence-corrected chi connectivity index (χ4v) is 2.31. The van der Waals surface area contributed by atoms with Gasteiger partial charge in [-0.2, -0.15) is 5.10 Å². The second-order valence-electron chi connectivity index (χ2n) is 4.54. The molecule has 2 heterocycles. The molecule has 18 heavy (non-hydrogen) atoms. The summed E-state index contributed by atoms with van der Waals surface area (Å²) in [5.41, 5.74) is 4.23. The summed E-state index contributed by atoms with van der Waals surface area (Å²) in [5, 5.41) is 7.75. The molecule has 1 aliphatic heterocycles. The van der Waals surface area contributed by atoms with Gasteiger partial charge in [0.15, 0.2) is 5.78 Å². The molecule has 2 aromatic rings. The van der Waals surface area contributed by atoms with E-state index in [-0.39, 0.29) is 5.78 Å². The number of nitrogens with zero attached hydrogens (tertiary/aromatic N) is 2. The van der Waals surface area contributed by atoms with Gasteiger partial charge >= 0.3 is 0 Å². The van der Waals surface area contributed by atoms with E-state index in [1.54, 1.807) is 6.92 Å². The van der Waals surface area contributed by atoms with Crippen LogP contribution in [-0.2, 0) is 13.1 Å². The number of fused-ring (bicyclic) bond motifs is 1. The first-order valence-corrected chi connectivity index (χ1v) is 6.12. The van der Waals surface area contributed by atoms with Gasteiger partial charge in [0.1, 0.15) is 0 Å². The Hall–Kier alpha value is -1.94. The van der Waals surface area contributed by atoms with E-state index in [1.165, 1.54) is 5.69 Å². The molecule has 4 nitrogen and oxygen atoms in total. The minimum absolute atomic E-state index is 0.0975. The van der Waals surface area contributed by atoms with E-state index in [9.17, 15) is 4.79 Å². The molecule has 0 saturated carbocycles. The van der Waals surface area contributed by atoms with Crippen LogP contribution in [0.4, 0.5) is 0 Å². The SMILES string of the molecule is CC(=O)c1ccc(-c2cnn3c2CNCC3)cc1. The Morgan fingerprint density at radius 1 is 1.33 bits per heavy atom. The molecule has 0 atom stereocenters. The van der Waals surface area contributed by atoms with Crippen LogP contribution in [0.2, 0.25) is 0 Å². The molecule has 1 N–H and O–H groups in total. The zero-order chi connectivity index (χ0) is 12.5. The lowest BCUT2D eigenvalue weighted by molar-refractivity contribution is 0.101. The highest BCUT2D eigenvalue weighted by atomic mass is 16.1. The quantitative estimate of drug-likeness (QED) is 0.816. The highest BCUT2D eigenvalue weighted by Gasteiger charge is 2.15. The molecule has 0 unspecified atom stereocenters. The third-order valence-corrected chi connectivity index (χ3v) is 3.34. The predicted molar refractivity (Wildman–Crippen MR) is 69.4 cm³/mol. The molecular weight excluding hydrogens is 226 g/mol. The lowest BCUT2D eigenvalue weighted by atomic mass is 10.0. The highest BCUT2D eigenvalue weighted by molar-refractivity contribution is 5.94. The van der Waals surface area contributed by atoms with E-state index < -0.39 is 0 Å². The van der Waals surface area contributed by atoms with E-state index in [4.69, 9.17) is 0 Å². The van der Waals surface area contributed by atoms with Gasteiger partial charge in [-0.25, -0.2) is 0 Å². The summed E-state index contributed by atoms with van der Waals surface area (Å²) in [5.74, 6) is 0.0975. The first-order chi connectivity index (χ1) is 8.75. The summed E-state index contributed by atoms with van der Waals surface area (Å²) >= 11 is 0. The Labute approximate surface area is 106 Å². The Morgan fingerprint density at radius 3 is 2.83 bits per heavy atom. The first-order valence-electron chi connectivity index (χ1n) is 6.12. The standard InChI is InChI=1S/C14H15N3O/c1-10(18)11-2-4-12(5-3-11)13-8-16-17-7-6-15-9-14(13)17/h2-5,8,15H,6-7,9H2,1H3. The van der Waals surface area contributed by atoms with Crippen LogP contribution in [-0.4, -0.2) is 22.1 Å². The van der Waals surface area contributed by atoms with Crippen molar-refractivity contribution in [2.24, 2.45) is 0 Å². The monoisotopic (exact) mass is 241 g/mol. The van der Waals surface area contributed by atoms with E-state index in [2.05, 4.69) is 10.4 Å². The van der Waals surface area contributed by atoms with Crippen molar-refractivity contribution < 1.29 is 4.79 Å². The number of benzene rings is 1. The van der Waals surface area contributed by atoms with Gasteiger partial charge in [0, 0.05) is 24.2 Å². The summed E-state index contributed by atoms with van der Waals surface area (Å²) in [6.45, 7) is 4.32. The summed E-state index contributed by atoms with van der Waals surface area (Å²) < 4.78 is 2.05. The number of ketones is 1.